The summed E-state index contributed by atoms with van der Waals surface area (Å²) < 4.78 is 80.1. The molecule has 31 heavy (non-hydrogen) atoms. The van der Waals surface area contributed by atoms with Gasteiger partial charge in [-0.05, 0) is 30.2 Å². The standard InChI is InChI=1S/C17H16ClF6N5S2/c1-26-11-7-9(16(19,20)21)6-10(18)13(11)29-15(28(2)4-5-30-3)14(12(8-25)27-29)31-17(22,23)24/h6-7,26H,4-5H2,1-3H3. The summed E-state index contributed by atoms with van der Waals surface area (Å²) in [6.45, 7) is 0.288. The number of benzene rings is 1. The molecule has 0 radical (unpaired) electrons. The van der Waals surface area contributed by atoms with Crippen LogP contribution in [0.5, 0.6) is 0 Å². The summed E-state index contributed by atoms with van der Waals surface area (Å²) in [5.41, 5.74) is -6.50. The van der Waals surface area contributed by atoms with E-state index in [0.29, 0.717) is 11.8 Å². The van der Waals surface area contributed by atoms with Gasteiger partial charge in [-0.2, -0.15) is 48.5 Å². The van der Waals surface area contributed by atoms with E-state index in [4.69, 9.17) is 11.6 Å². The lowest BCUT2D eigenvalue weighted by Crippen LogP contribution is -2.24. The van der Waals surface area contributed by atoms with Crippen molar-refractivity contribution in [2.24, 2.45) is 0 Å². The second kappa shape index (κ2) is 9.70. The van der Waals surface area contributed by atoms with E-state index in [-0.39, 0.29) is 23.7 Å². The van der Waals surface area contributed by atoms with Gasteiger partial charge in [0.2, 0.25) is 0 Å². The summed E-state index contributed by atoms with van der Waals surface area (Å²) in [6.07, 6.45) is -2.88. The third-order valence-electron chi connectivity index (χ3n) is 4.01. The van der Waals surface area contributed by atoms with E-state index < -0.39 is 44.6 Å². The van der Waals surface area contributed by atoms with Crippen molar-refractivity contribution in [1.82, 2.24) is 9.78 Å². The zero-order valence-electron chi connectivity index (χ0n) is 16.3. The summed E-state index contributed by atoms with van der Waals surface area (Å²) in [4.78, 5) is 0.989. The smallest absolute Gasteiger partial charge is 0.386 e. The van der Waals surface area contributed by atoms with E-state index in [2.05, 4.69) is 10.4 Å². The quantitative estimate of drug-likeness (QED) is 0.377. The van der Waals surface area contributed by atoms with E-state index in [1.165, 1.54) is 30.8 Å². The van der Waals surface area contributed by atoms with E-state index in [1.54, 1.807) is 6.07 Å². The molecule has 0 spiro atoms. The van der Waals surface area contributed by atoms with E-state index in [1.807, 2.05) is 6.26 Å². The highest BCUT2D eigenvalue weighted by atomic mass is 35.5. The molecule has 0 aliphatic heterocycles. The average molecular weight is 504 g/mol. The number of nitriles is 1. The first-order valence-corrected chi connectivity index (χ1v) is 11.0. The molecule has 1 aromatic carbocycles. The molecule has 1 aromatic heterocycles. The number of thioether (sulfide) groups is 2. The molecule has 0 aliphatic carbocycles. The Morgan fingerprint density at radius 2 is 1.90 bits per heavy atom. The lowest BCUT2D eigenvalue weighted by molar-refractivity contribution is -0.137. The largest absolute Gasteiger partial charge is 0.446 e. The molecule has 0 unspecified atom stereocenters. The van der Waals surface area contributed by atoms with Crippen LogP contribution in [-0.4, -0.2) is 47.9 Å². The van der Waals surface area contributed by atoms with Crippen LogP contribution in [-0.2, 0) is 6.18 Å². The lowest BCUT2D eigenvalue weighted by Gasteiger charge is -2.23. The minimum Gasteiger partial charge on any atom is -0.386 e. The highest BCUT2D eigenvalue weighted by molar-refractivity contribution is 8.00. The van der Waals surface area contributed by atoms with E-state index in [9.17, 15) is 31.6 Å². The van der Waals surface area contributed by atoms with Crippen molar-refractivity contribution in [1.29, 1.82) is 5.26 Å². The molecule has 14 heteroatoms. The van der Waals surface area contributed by atoms with Crippen LogP contribution in [0.3, 0.4) is 0 Å². The minimum absolute atomic E-state index is 0.103. The third kappa shape index (κ3) is 5.87. The molecule has 170 valence electrons. The molecule has 1 N–H and O–H groups in total. The maximum Gasteiger partial charge on any atom is 0.446 e. The fraction of sp³-hybridized carbons (Fsp3) is 0.412. The Morgan fingerprint density at radius 3 is 2.39 bits per heavy atom. The van der Waals surface area contributed by atoms with Gasteiger partial charge in [0, 0.05) is 26.4 Å². The first kappa shape index (κ1) is 25.4. The average Bonchev–Trinajstić information content (AvgIpc) is 3.00. The third-order valence-corrected chi connectivity index (χ3v) is 5.70. The number of rotatable bonds is 7. The highest BCUT2D eigenvalue weighted by Gasteiger charge is 2.37. The first-order valence-electron chi connectivity index (χ1n) is 8.41. The predicted octanol–water partition coefficient (Wildman–Crippen LogP) is 5.87. The van der Waals surface area contributed by atoms with Gasteiger partial charge in [0.25, 0.3) is 0 Å². The van der Waals surface area contributed by atoms with Crippen LogP contribution in [0.1, 0.15) is 11.3 Å². The Bertz CT molecular complexity index is 983. The van der Waals surface area contributed by atoms with Gasteiger partial charge in [-0.1, -0.05) is 11.6 Å². The highest BCUT2D eigenvalue weighted by Crippen LogP contribution is 2.46. The SMILES string of the molecule is CNc1cc(C(F)(F)F)cc(Cl)c1-n1nc(C#N)c(SC(F)(F)F)c1N(C)CCSC. The van der Waals surface area contributed by atoms with Crippen LogP contribution in [0.4, 0.5) is 37.8 Å². The lowest BCUT2D eigenvalue weighted by atomic mass is 10.1. The predicted molar refractivity (Wildman–Crippen MR) is 111 cm³/mol. The maximum atomic E-state index is 13.2. The van der Waals surface area contributed by atoms with Gasteiger partial charge in [0.15, 0.2) is 5.69 Å². The van der Waals surface area contributed by atoms with Crippen LogP contribution < -0.4 is 10.2 Å². The number of alkyl halides is 6. The van der Waals surface area contributed by atoms with Crippen molar-refractivity contribution >= 4 is 46.6 Å². The minimum atomic E-state index is -4.72. The van der Waals surface area contributed by atoms with Gasteiger partial charge >= 0.3 is 11.7 Å². The molecule has 2 rings (SSSR count). The zero-order valence-corrected chi connectivity index (χ0v) is 18.7. The van der Waals surface area contributed by atoms with Crippen molar-refractivity contribution in [3.05, 3.63) is 28.4 Å². The van der Waals surface area contributed by atoms with Crippen LogP contribution >= 0.6 is 35.1 Å². The van der Waals surface area contributed by atoms with Crippen LogP contribution in [0.15, 0.2) is 17.0 Å². The summed E-state index contributed by atoms with van der Waals surface area (Å²) in [5, 5.41) is 15.5. The summed E-state index contributed by atoms with van der Waals surface area (Å²) >= 11 is 7.07. The summed E-state index contributed by atoms with van der Waals surface area (Å²) in [6, 6.07) is 3.06. The normalized spacial score (nSPS) is 12.0. The van der Waals surface area contributed by atoms with Gasteiger partial charge in [-0.3, -0.25) is 0 Å². The van der Waals surface area contributed by atoms with Crippen molar-refractivity contribution in [2.75, 3.05) is 42.9 Å². The number of anilines is 2. The fourth-order valence-electron chi connectivity index (χ4n) is 2.67. The number of nitrogens with one attached hydrogen (secondary N) is 1. The van der Waals surface area contributed by atoms with Gasteiger partial charge in [-0.15, -0.1) is 0 Å². The van der Waals surface area contributed by atoms with Crippen molar-refractivity contribution in [3.8, 4) is 11.8 Å². The van der Waals surface area contributed by atoms with Gasteiger partial charge in [0.1, 0.15) is 17.6 Å². The van der Waals surface area contributed by atoms with E-state index >= 15 is 0 Å². The molecule has 0 saturated carbocycles. The van der Waals surface area contributed by atoms with Gasteiger partial charge in [0.05, 0.1) is 21.2 Å². The second-order valence-electron chi connectivity index (χ2n) is 6.09. The Labute approximate surface area is 187 Å². The molecule has 0 aliphatic rings. The Morgan fingerprint density at radius 1 is 1.26 bits per heavy atom. The maximum absolute atomic E-state index is 13.2. The molecule has 0 bridgehead atoms. The molecule has 2 aromatic rings. The number of nitrogens with zero attached hydrogens (tertiary/aromatic N) is 4. The molecule has 0 fully saturated rings. The van der Waals surface area contributed by atoms with Crippen LogP contribution in [0.2, 0.25) is 5.02 Å². The Balaban J connectivity index is 2.83. The molecule has 1 heterocycles. The molecule has 5 nitrogen and oxygen atoms in total. The molecule has 0 amide bonds. The number of halogens is 7. The topological polar surface area (TPSA) is 56.9 Å². The fourth-order valence-corrected chi connectivity index (χ4v) is 4.18. The van der Waals surface area contributed by atoms with E-state index in [0.717, 1.165) is 10.7 Å². The Kier molecular flexibility index (Phi) is 7.94. The van der Waals surface area contributed by atoms with Crippen molar-refractivity contribution < 1.29 is 26.3 Å². The summed E-state index contributed by atoms with van der Waals surface area (Å²) in [5.74, 6) is 0.436. The number of hydrogen-bond acceptors (Lipinski definition) is 6. The van der Waals surface area contributed by atoms with Crippen LogP contribution in [0.25, 0.3) is 5.69 Å². The Hall–Kier alpha value is -1.91. The number of hydrogen-bond donors (Lipinski definition) is 1. The van der Waals surface area contributed by atoms with Gasteiger partial charge in [-0.25, -0.2) is 4.68 Å². The number of aromatic nitrogens is 2. The second-order valence-corrected chi connectivity index (χ2v) is 8.56. The monoisotopic (exact) mass is 503 g/mol. The van der Waals surface area contributed by atoms with Crippen LogP contribution in [0, 0.1) is 11.3 Å². The van der Waals surface area contributed by atoms with Crippen molar-refractivity contribution in [2.45, 2.75) is 16.6 Å². The zero-order chi connectivity index (χ0) is 23.6. The first-order chi connectivity index (χ1) is 14.3. The molecular weight excluding hydrogens is 488 g/mol. The molecular formula is C17H16ClF6N5S2. The van der Waals surface area contributed by atoms with Crippen molar-refractivity contribution in [3.63, 3.8) is 0 Å². The molecule has 0 saturated heterocycles. The summed E-state index contributed by atoms with van der Waals surface area (Å²) in [7, 11) is 2.84. The van der Waals surface area contributed by atoms with Gasteiger partial charge < -0.3 is 10.2 Å². The molecule has 0 atom stereocenters.